The van der Waals surface area contributed by atoms with Gasteiger partial charge in [-0.05, 0) is 12.8 Å². The highest BCUT2D eigenvalue weighted by Crippen LogP contribution is 2.23. The minimum atomic E-state index is -3.27. The minimum absolute atomic E-state index is 0.00383. The second kappa shape index (κ2) is 6.58. The number of ether oxygens (including phenoxy) is 1. The first-order valence-electron chi connectivity index (χ1n) is 7.76. The molecule has 3 rings (SSSR count). The van der Waals surface area contributed by atoms with Crippen LogP contribution >= 0.6 is 0 Å². The molecule has 1 fully saturated rings. The molecular formula is C14H22N4O4S. The molecule has 0 aromatic carbocycles. The van der Waals surface area contributed by atoms with Crippen LogP contribution in [0.5, 0.6) is 0 Å². The first-order chi connectivity index (χ1) is 10.9. The Hall–Kier alpha value is -1.45. The lowest BCUT2D eigenvalue weighted by Gasteiger charge is -2.32. The number of hydrogen-bond donors (Lipinski definition) is 0. The van der Waals surface area contributed by atoms with Crippen molar-refractivity contribution in [3.8, 4) is 0 Å². The maximum absolute atomic E-state index is 12.0. The second-order valence-electron chi connectivity index (χ2n) is 6.10. The summed E-state index contributed by atoms with van der Waals surface area (Å²) in [5.41, 5.74) is 0.834. The number of amides is 1. The highest BCUT2D eigenvalue weighted by molar-refractivity contribution is 7.88. The molecule has 1 amide bonds. The van der Waals surface area contributed by atoms with E-state index in [0.29, 0.717) is 13.1 Å². The molecule has 0 radical (unpaired) electrons. The van der Waals surface area contributed by atoms with Gasteiger partial charge in [-0.2, -0.15) is 4.31 Å². The van der Waals surface area contributed by atoms with Crippen LogP contribution in [0.3, 0.4) is 0 Å². The van der Waals surface area contributed by atoms with Gasteiger partial charge in [0.05, 0.1) is 37.5 Å². The van der Waals surface area contributed by atoms with Crippen molar-refractivity contribution >= 4 is 15.9 Å². The second-order valence-corrected chi connectivity index (χ2v) is 8.09. The Morgan fingerprint density at radius 2 is 2.13 bits per heavy atom. The predicted molar refractivity (Wildman–Crippen MR) is 83.2 cm³/mol. The number of imidazole rings is 1. The van der Waals surface area contributed by atoms with E-state index in [9.17, 15) is 13.2 Å². The molecule has 128 valence electrons. The van der Waals surface area contributed by atoms with E-state index >= 15 is 0 Å². The largest absolute Gasteiger partial charge is 0.369 e. The molecular weight excluding hydrogens is 320 g/mol. The highest BCUT2D eigenvalue weighted by Gasteiger charge is 2.30. The van der Waals surface area contributed by atoms with Crippen LogP contribution in [-0.4, -0.2) is 72.2 Å². The average molecular weight is 342 g/mol. The van der Waals surface area contributed by atoms with Gasteiger partial charge in [0.1, 0.15) is 6.61 Å². The first-order valence-corrected chi connectivity index (χ1v) is 9.61. The molecule has 23 heavy (non-hydrogen) atoms. The normalized spacial score (nSPS) is 22.3. The number of sulfonamides is 1. The predicted octanol–water partition coefficient (Wildman–Crippen LogP) is -0.162. The molecule has 1 saturated heterocycles. The number of carbonyl (C=O) groups excluding carboxylic acids is 1. The number of likely N-dealkylation sites (tertiary alicyclic amines) is 1. The Morgan fingerprint density at radius 1 is 1.39 bits per heavy atom. The Morgan fingerprint density at radius 3 is 2.83 bits per heavy atom. The first kappa shape index (κ1) is 16.4. The van der Waals surface area contributed by atoms with Crippen molar-refractivity contribution in [1.29, 1.82) is 0 Å². The van der Waals surface area contributed by atoms with Gasteiger partial charge in [0, 0.05) is 25.8 Å². The van der Waals surface area contributed by atoms with Gasteiger partial charge >= 0.3 is 0 Å². The van der Waals surface area contributed by atoms with E-state index in [1.165, 1.54) is 10.6 Å². The number of fused-ring (bicyclic) bond motifs is 1. The highest BCUT2D eigenvalue weighted by atomic mass is 32.2. The summed E-state index contributed by atoms with van der Waals surface area (Å²) in [5.74, 6) is 0.00383. The Labute approximate surface area is 136 Å². The molecule has 1 atom stereocenters. The van der Waals surface area contributed by atoms with E-state index in [0.717, 1.165) is 31.6 Å². The Kier molecular flexibility index (Phi) is 4.69. The number of hydrogen-bond acceptors (Lipinski definition) is 5. The fourth-order valence-corrected chi connectivity index (χ4v) is 3.89. The fraction of sp³-hybridized carbons (Fsp3) is 0.714. The lowest BCUT2D eigenvalue weighted by molar-refractivity contribution is -0.135. The molecule has 1 aromatic heterocycles. The van der Waals surface area contributed by atoms with Crippen LogP contribution in [0.2, 0.25) is 0 Å². The molecule has 9 heteroatoms. The van der Waals surface area contributed by atoms with E-state index in [4.69, 9.17) is 4.74 Å². The van der Waals surface area contributed by atoms with Crippen LogP contribution in [-0.2, 0) is 26.1 Å². The van der Waals surface area contributed by atoms with Crippen molar-refractivity contribution in [2.75, 3.05) is 39.1 Å². The van der Waals surface area contributed by atoms with Crippen LogP contribution in [0.15, 0.2) is 12.5 Å². The van der Waals surface area contributed by atoms with Gasteiger partial charge in [0.15, 0.2) is 0 Å². The smallest absolute Gasteiger partial charge is 0.248 e. The third-order valence-corrected chi connectivity index (χ3v) is 5.57. The van der Waals surface area contributed by atoms with Crippen molar-refractivity contribution in [3.05, 3.63) is 18.2 Å². The zero-order chi connectivity index (χ0) is 16.4. The molecule has 2 aliphatic rings. The van der Waals surface area contributed by atoms with Crippen LogP contribution in [0.1, 0.15) is 24.6 Å². The van der Waals surface area contributed by atoms with Gasteiger partial charge in [-0.15, -0.1) is 0 Å². The third kappa shape index (κ3) is 3.73. The summed E-state index contributed by atoms with van der Waals surface area (Å²) in [7, 11) is -3.27. The average Bonchev–Trinajstić information content (AvgIpc) is 3.17. The fourth-order valence-electron chi connectivity index (χ4n) is 3.08. The van der Waals surface area contributed by atoms with Gasteiger partial charge in [-0.3, -0.25) is 4.79 Å². The Balaban J connectivity index is 1.59. The molecule has 0 spiro atoms. The van der Waals surface area contributed by atoms with Gasteiger partial charge < -0.3 is 14.2 Å². The van der Waals surface area contributed by atoms with Gasteiger partial charge in [-0.1, -0.05) is 0 Å². The molecule has 0 unspecified atom stereocenters. The lowest BCUT2D eigenvalue weighted by atomic mass is 10.2. The summed E-state index contributed by atoms with van der Waals surface area (Å²) in [6.45, 7) is 2.59. The van der Waals surface area contributed by atoms with Gasteiger partial charge in [0.25, 0.3) is 0 Å². The number of carbonyl (C=O) groups is 1. The zero-order valence-corrected chi connectivity index (χ0v) is 14.0. The summed E-state index contributed by atoms with van der Waals surface area (Å²) in [5, 5.41) is 0. The maximum atomic E-state index is 12.0. The quantitative estimate of drug-likeness (QED) is 0.742. The SMILES string of the molecule is CS(=O)(=O)N1Cc2cncn2[C@@H](COCC(=O)N2CCCC2)C1. The molecule has 0 bridgehead atoms. The van der Waals surface area contributed by atoms with Crippen molar-refractivity contribution in [1.82, 2.24) is 18.8 Å². The van der Waals surface area contributed by atoms with E-state index in [-0.39, 0.29) is 25.2 Å². The summed E-state index contributed by atoms with van der Waals surface area (Å²) < 4.78 is 32.6. The van der Waals surface area contributed by atoms with Crippen molar-refractivity contribution in [2.45, 2.75) is 25.4 Å². The van der Waals surface area contributed by atoms with Crippen molar-refractivity contribution in [3.63, 3.8) is 0 Å². The van der Waals surface area contributed by atoms with Crippen LogP contribution in [0.25, 0.3) is 0 Å². The van der Waals surface area contributed by atoms with Crippen molar-refractivity contribution < 1.29 is 17.9 Å². The lowest BCUT2D eigenvalue weighted by Crippen LogP contribution is -2.42. The van der Waals surface area contributed by atoms with E-state index in [1.54, 1.807) is 12.5 Å². The molecule has 1 aromatic rings. The molecule has 3 heterocycles. The zero-order valence-electron chi connectivity index (χ0n) is 13.2. The van der Waals surface area contributed by atoms with Crippen LogP contribution in [0.4, 0.5) is 0 Å². The third-order valence-electron chi connectivity index (χ3n) is 4.36. The van der Waals surface area contributed by atoms with Gasteiger partial charge in [-0.25, -0.2) is 13.4 Å². The molecule has 0 N–H and O–H groups in total. The molecule has 0 aliphatic carbocycles. The van der Waals surface area contributed by atoms with Crippen molar-refractivity contribution in [2.24, 2.45) is 0 Å². The summed E-state index contributed by atoms with van der Waals surface area (Å²) in [4.78, 5) is 17.9. The standard InChI is InChI=1S/C14H22N4O4S/c1-23(20,21)17-7-12-6-15-11-18(12)13(8-17)9-22-10-14(19)16-4-2-3-5-16/h6,11,13H,2-5,7-10H2,1H3/t13-/m1/s1. The van der Waals surface area contributed by atoms with E-state index in [1.807, 2.05) is 9.47 Å². The summed E-state index contributed by atoms with van der Waals surface area (Å²) in [6.07, 6.45) is 6.66. The number of nitrogens with zero attached hydrogens (tertiary/aromatic N) is 4. The summed E-state index contributed by atoms with van der Waals surface area (Å²) in [6, 6.07) is -0.164. The van der Waals surface area contributed by atoms with Gasteiger partial charge in [0.2, 0.25) is 15.9 Å². The Bertz CT molecular complexity index is 666. The van der Waals surface area contributed by atoms with E-state index < -0.39 is 10.0 Å². The summed E-state index contributed by atoms with van der Waals surface area (Å²) >= 11 is 0. The van der Waals surface area contributed by atoms with Crippen LogP contribution < -0.4 is 0 Å². The maximum Gasteiger partial charge on any atom is 0.248 e. The molecule has 2 aliphatic heterocycles. The molecule has 8 nitrogen and oxygen atoms in total. The molecule has 0 saturated carbocycles. The van der Waals surface area contributed by atoms with E-state index in [2.05, 4.69) is 4.98 Å². The number of aromatic nitrogens is 2. The monoisotopic (exact) mass is 342 g/mol. The minimum Gasteiger partial charge on any atom is -0.369 e. The topological polar surface area (TPSA) is 84.7 Å². The van der Waals surface area contributed by atoms with Crippen LogP contribution in [0, 0.1) is 0 Å². The number of rotatable bonds is 5.